The van der Waals surface area contributed by atoms with Crippen LogP contribution in [0.2, 0.25) is 0 Å². The fraction of sp³-hybridized carbons (Fsp3) is 0.600. The minimum absolute atomic E-state index is 0.192. The lowest BCUT2D eigenvalue weighted by atomic mass is 10.0. The van der Waals surface area contributed by atoms with Crippen LogP contribution in [-0.4, -0.2) is 30.6 Å². The van der Waals surface area contributed by atoms with Crippen LogP contribution >= 0.6 is 0 Å². The van der Waals surface area contributed by atoms with E-state index in [4.69, 9.17) is 4.74 Å². The summed E-state index contributed by atoms with van der Waals surface area (Å²) in [7, 11) is -3.17. The highest BCUT2D eigenvalue weighted by Crippen LogP contribution is 2.32. The Hall–Kier alpha value is -1.07. The summed E-state index contributed by atoms with van der Waals surface area (Å²) >= 11 is 0. The Balaban J connectivity index is 1.73. The lowest BCUT2D eigenvalue weighted by molar-refractivity contribution is 0.164. The van der Waals surface area contributed by atoms with Crippen LogP contribution in [0.3, 0.4) is 0 Å². The third-order valence-corrected chi connectivity index (χ3v) is 6.30. The van der Waals surface area contributed by atoms with Crippen LogP contribution < -0.4 is 4.74 Å². The Bertz CT molecular complexity index is 560. The van der Waals surface area contributed by atoms with Gasteiger partial charge in [-0.25, -0.2) is 8.42 Å². The van der Waals surface area contributed by atoms with Crippen molar-refractivity contribution in [3.05, 3.63) is 29.8 Å². The average Bonchev–Trinajstić information content (AvgIpc) is 3.22. The molecule has 1 saturated heterocycles. The molecular formula is C15H20O4S. The first kappa shape index (κ1) is 13.9. The van der Waals surface area contributed by atoms with E-state index in [1.54, 1.807) is 12.1 Å². The second kappa shape index (κ2) is 5.37. The highest BCUT2D eigenvalue weighted by atomic mass is 32.2. The van der Waals surface area contributed by atoms with E-state index in [1.165, 1.54) is 0 Å². The molecule has 4 nitrogen and oxygen atoms in total. The number of hydrogen-bond acceptors (Lipinski definition) is 4. The zero-order chi connectivity index (χ0) is 14.2. The molecule has 2 atom stereocenters. The summed E-state index contributed by atoms with van der Waals surface area (Å²) < 4.78 is 29.7. The molecule has 1 aliphatic heterocycles. The van der Waals surface area contributed by atoms with Gasteiger partial charge in [0.05, 0.1) is 23.2 Å². The van der Waals surface area contributed by atoms with Gasteiger partial charge in [-0.15, -0.1) is 0 Å². The van der Waals surface area contributed by atoms with Gasteiger partial charge in [0.15, 0.2) is 9.84 Å². The molecule has 1 aromatic carbocycles. The molecule has 2 aliphatic rings. The number of ether oxygens (including phenoxy) is 1. The van der Waals surface area contributed by atoms with Crippen molar-refractivity contribution in [3.8, 4) is 5.75 Å². The van der Waals surface area contributed by atoms with Gasteiger partial charge in [-0.2, -0.15) is 0 Å². The molecule has 1 N–H and O–H groups in total. The van der Waals surface area contributed by atoms with Crippen molar-refractivity contribution in [3.63, 3.8) is 0 Å². The van der Waals surface area contributed by atoms with Crippen molar-refractivity contribution in [1.29, 1.82) is 0 Å². The summed E-state index contributed by atoms with van der Waals surface area (Å²) in [5.74, 6) is 0.979. The fourth-order valence-corrected chi connectivity index (χ4v) is 4.66. The van der Waals surface area contributed by atoms with Gasteiger partial charge in [0, 0.05) is 0 Å². The summed E-state index contributed by atoms with van der Waals surface area (Å²) in [6, 6.07) is 7.16. The van der Waals surface area contributed by atoms with E-state index in [0.29, 0.717) is 24.5 Å². The number of aliphatic hydroxyl groups excluding tert-OH is 1. The molecule has 110 valence electrons. The van der Waals surface area contributed by atoms with Crippen molar-refractivity contribution in [2.24, 2.45) is 0 Å². The van der Waals surface area contributed by atoms with Crippen molar-refractivity contribution < 1.29 is 18.3 Å². The lowest BCUT2D eigenvalue weighted by Gasteiger charge is -2.27. The Kier molecular flexibility index (Phi) is 3.73. The highest BCUT2D eigenvalue weighted by molar-refractivity contribution is 7.92. The number of benzene rings is 1. The maximum Gasteiger partial charge on any atom is 0.156 e. The van der Waals surface area contributed by atoms with E-state index in [2.05, 4.69) is 0 Å². The van der Waals surface area contributed by atoms with E-state index >= 15 is 0 Å². The summed E-state index contributed by atoms with van der Waals surface area (Å²) in [6.45, 7) is 0. The molecule has 2 fully saturated rings. The second-order valence-corrected chi connectivity index (χ2v) is 8.07. The molecule has 2 unspecified atom stereocenters. The van der Waals surface area contributed by atoms with Crippen LogP contribution in [0.4, 0.5) is 0 Å². The van der Waals surface area contributed by atoms with Crippen LogP contribution in [0.5, 0.6) is 5.75 Å². The summed E-state index contributed by atoms with van der Waals surface area (Å²) in [5, 5.41) is 9.69. The first-order chi connectivity index (χ1) is 9.56. The molecule has 1 heterocycles. The topological polar surface area (TPSA) is 63.6 Å². The monoisotopic (exact) mass is 296 g/mol. The first-order valence-corrected chi connectivity index (χ1v) is 8.94. The molecule has 5 heteroatoms. The summed E-state index contributed by atoms with van der Waals surface area (Å²) in [5.41, 5.74) is 0.656. The Morgan fingerprint density at radius 1 is 1.10 bits per heavy atom. The van der Waals surface area contributed by atoms with E-state index in [1.807, 2.05) is 12.1 Å². The molecule has 0 bridgehead atoms. The predicted octanol–water partition coefficient (Wildman–Crippen LogP) is 2.23. The number of aliphatic hydroxyl groups is 1. The normalized spacial score (nSPS) is 26.9. The third-order valence-electron chi connectivity index (χ3n) is 4.03. The van der Waals surface area contributed by atoms with Crippen LogP contribution in [0.15, 0.2) is 24.3 Å². The van der Waals surface area contributed by atoms with Crippen molar-refractivity contribution in [2.75, 3.05) is 5.75 Å². The Labute approximate surface area is 119 Å². The smallest absolute Gasteiger partial charge is 0.156 e. The van der Waals surface area contributed by atoms with Crippen LogP contribution in [0.1, 0.15) is 43.8 Å². The van der Waals surface area contributed by atoms with Gasteiger partial charge in [-0.1, -0.05) is 18.6 Å². The fourth-order valence-electron chi connectivity index (χ4n) is 2.67. The SMILES string of the molecule is O=S1(=O)CCCCC1C(O)c1ccc(OC2CC2)cc1. The molecule has 3 rings (SSSR count). The van der Waals surface area contributed by atoms with Gasteiger partial charge >= 0.3 is 0 Å². The summed E-state index contributed by atoms with van der Waals surface area (Å²) in [4.78, 5) is 0. The van der Waals surface area contributed by atoms with Crippen molar-refractivity contribution in [1.82, 2.24) is 0 Å². The molecule has 0 amide bonds. The van der Waals surface area contributed by atoms with Crippen LogP contribution in [-0.2, 0) is 9.84 Å². The predicted molar refractivity (Wildman–Crippen MR) is 76.5 cm³/mol. The van der Waals surface area contributed by atoms with Gasteiger partial charge < -0.3 is 9.84 Å². The minimum atomic E-state index is -3.17. The molecule has 1 aliphatic carbocycles. The zero-order valence-corrected chi connectivity index (χ0v) is 12.2. The lowest BCUT2D eigenvalue weighted by Crippen LogP contribution is -2.33. The first-order valence-electron chi connectivity index (χ1n) is 7.22. The minimum Gasteiger partial charge on any atom is -0.490 e. The van der Waals surface area contributed by atoms with Crippen LogP contribution in [0.25, 0.3) is 0 Å². The largest absolute Gasteiger partial charge is 0.490 e. The van der Waals surface area contributed by atoms with E-state index < -0.39 is 21.2 Å². The molecule has 1 aromatic rings. The molecule has 0 radical (unpaired) electrons. The molecule has 0 spiro atoms. The van der Waals surface area contributed by atoms with E-state index in [0.717, 1.165) is 25.0 Å². The number of hydrogen-bond donors (Lipinski definition) is 1. The molecular weight excluding hydrogens is 276 g/mol. The quantitative estimate of drug-likeness (QED) is 0.925. The standard InChI is InChI=1S/C15H20O4S/c16-15(14-3-1-2-10-20(14,17)18)11-4-6-12(7-5-11)19-13-8-9-13/h4-7,13-16H,1-3,8-10H2. The third kappa shape index (κ3) is 2.99. The van der Waals surface area contributed by atoms with Gasteiger partial charge in [0.25, 0.3) is 0 Å². The summed E-state index contributed by atoms with van der Waals surface area (Å²) in [6.07, 6.45) is 3.72. The average molecular weight is 296 g/mol. The van der Waals surface area contributed by atoms with E-state index in [-0.39, 0.29) is 5.75 Å². The van der Waals surface area contributed by atoms with E-state index in [9.17, 15) is 13.5 Å². The number of rotatable bonds is 4. The second-order valence-electron chi connectivity index (χ2n) is 5.73. The zero-order valence-electron chi connectivity index (χ0n) is 11.4. The maximum atomic E-state index is 12.0. The van der Waals surface area contributed by atoms with Gasteiger partial charge in [0.1, 0.15) is 5.75 Å². The van der Waals surface area contributed by atoms with Gasteiger partial charge in [-0.05, 0) is 43.4 Å². The maximum absolute atomic E-state index is 12.0. The Morgan fingerprint density at radius 2 is 1.80 bits per heavy atom. The number of sulfone groups is 1. The van der Waals surface area contributed by atoms with Gasteiger partial charge in [0.2, 0.25) is 0 Å². The van der Waals surface area contributed by atoms with Gasteiger partial charge in [-0.3, -0.25) is 0 Å². The molecule has 1 saturated carbocycles. The van der Waals surface area contributed by atoms with Crippen molar-refractivity contribution >= 4 is 9.84 Å². The molecule has 0 aromatic heterocycles. The highest BCUT2D eigenvalue weighted by Gasteiger charge is 2.35. The Morgan fingerprint density at radius 3 is 2.40 bits per heavy atom. The van der Waals surface area contributed by atoms with Crippen molar-refractivity contribution in [2.45, 2.75) is 49.6 Å². The molecule has 20 heavy (non-hydrogen) atoms. The van der Waals surface area contributed by atoms with Crippen LogP contribution in [0, 0.1) is 0 Å².